The van der Waals surface area contributed by atoms with E-state index in [2.05, 4.69) is 9.73 Å². The van der Waals surface area contributed by atoms with Crippen LogP contribution in [0.1, 0.15) is 11.1 Å². The molecule has 23 heavy (non-hydrogen) atoms. The highest BCUT2D eigenvalue weighted by molar-refractivity contribution is 5.94. The second-order valence-corrected chi connectivity index (χ2v) is 4.47. The van der Waals surface area contributed by atoms with Crippen molar-refractivity contribution in [1.82, 2.24) is 0 Å². The third kappa shape index (κ3) is 4.64. The Bertz CT molecular complexity index is 718. The Hall–Kier alpha value is -2.70. The van der Waals surface area contributed by atoms with E-state index in [0.29, 0.717) is 17.8 Å². The number of aliphatic imine (C=N–C) groups is 1. The van der Waals surface area contributed by atoms with Crippen LogP contribution in [0.2, 0.25) is 0 Å². The first-order chi connectivity index (χ1) is 11.0. The van der Waals surface area contributed by atoms with Crippen LogP contribution >= 0.6 is 0 Å². The van der Waals surface area contributed by atoms with Crippen molar-refractivity contribution in [2.45, 2.75) is 13.0 Å². The number of carbonyl (C=O) groups excluding carboxylic acids is 1. The van der Waals surface area contributed by atoms with Crippen molar-refractivity contribution < 1.29 is 27.1 Å². The maximum absolute atomic E-state index is 13.7. The molecule has 1 amide bonds. The van der Waals surface area contributed by atoms with Crippen molar-refractivity contribution >= 4 is 12.1 Å². The number of nitrogens with zero attached hydrogens (tertiary/aromatic N) is 1. The van der Waals surface area contributed by atoms with Crippen LogP contribution < -0.4 is 4.74 Å². The number of amides is 1. The quantitative estimate of drug-likeness (QED) is 0.620. The second-order valence-electron chi connectivity index (χ2n) is 4.47. The third-order valence-electron chi connectivity index (χ3n) is 2.84. The number of carbonyl (C=O) groups is 1. The molecular weight excluding hydrogens is 314 g/mol. The SMILES string of the molecule is O=C(Cc1ccccc1)N=Cc1c(OC(F)F)ccc(F)c1F. The Morgan fingerprint density at radius 3 is 2.48 bits per heavy atom. The molecule has 0 atom stereocenters. The van der Waals surface area contributed by atoms with Gasteiger partial charge in [-0.2, -0.15) is 8.78 Å². The fourth-order valence-electron chi connectivity index (χ4n) is 1.82. The first-order valence-electron chi connectivity index (χ1n) is 6.51. The lowest BCUT2D eigenvalue weighted by atomic mass is 10.1. The van der Waals surface area contributed by atoms with Gasteiger partial charge in [-0.15, -0.1) is 0 Å². The Morgan fingerprint density at radius 1 is 1.13 bits per heavy atom. The van der Waals surface area contributed by atoms with E-state index in [-0.39, 0.29) is 6.42 Å². The molecule has 0 unspecified atom stereocenters. The van der Waals surface area contributed by atoms with Crippen LogP contribution in [0, 0.1) is 11.6 Å². The summed E-state index contributed by atoms with van der Waals surface area (Å²) in [5, 5.41) is 0. The highest BCUT2D eigenvalue weighted by Crippen LogP contribution is 2.24. The first kappa shape index (κ1) is 16.7. The maximum atomic E-state index is 13.7. The number of benzene rings is 2. The topological polar surface area (TPSA) is 38.7 Å². The molecule has 0 radical (unpaired) electrons. The Kier molecular flexibility index (Phi) is 5.46. The normalized spacial score (nSPS) is 11.2. The molecule has 0 N–H and O–H groups in total. The first-order valence-corrected chi connectivity index (χ1v) is 6.51. The summed E-state index contributed by atoms with van der Waals surface area (Å²) in [4.78, 5) is 15.2. The standard InChI is InChI=1S/C16H11F4NO2/c17-12-6-7-13(23-16(19)20)11(15(12)18)9-21-14(22)8-10-4-2-1-3-5-10/h1-7,9,16H,8H2. The molecule has 0 bridgehead atoms. The zero-order chi connectivity index (χ0) is 16.8. The summed E-state index contributed by atoms with van der Waals surface area (Å²) in [6.07, 6.45) is 0.626. The van der Waals surface area contributed by atoms with Crippen LogP contribution in [-0.4, -0.2) is 18.7 Å². The molecule has 0 aliphatic rings. The summed E-state index contributed by atoms with van der Waals surface area (Å²) in [7, 11) is 0. The van der Waals surface area contributed by atoms with Crippen molar-refractivity contribution in [3.05, 3.63) is 65.2 Å². The van der Waals surface area contributed by atoms with Gasteiger partial charge < -0.3 is 4.74 Å². The van der Waals surface area contributed by atoms with Crippen LogP contribution in [0.15, 0.2) is 47.5 Å². The lowest BCUT2D eigenvalue weighted by molar-refractivity contribution is -0.117. The molecule has 120 valence electrons. The summed E-state index contributed by atoms with van der Waals surface area (Å²) in [6, 6.07) is 10.1. The fraction of sp³-hybridized carbons (Fsp3) is 0.125. The molecule has 0 aliphatic heterocycles. The van der Waals surface area contributed by atoms with Gasteiger partial charge >= 0.3 is 6.61 Å². The number of ether oxygens (including phenoxy) is 1. The number of alkyl halides is 2. The minimum atomic E-state index is -3.22. The number of hydrogen-bond acceptors (Lipinski definition) is 2. The van der Waals surface area contributed by atoms with Crippen molar-refractivity contribution in [1.29, 1.82) is 0 Å². The molecule has 7 heteroatoms. The summed E-state index contributed by atoms with van der Waals surface area (Å²) < 4.78 is 55.5. The predicted molar refractivity (Wildman–Crippen MR) is 75.7 cm³/mol. The minimum Gasteiger partial charge on any atom is -0.434 e. The highest BCUT2D eigenvalue weighted by atomic mass is 19.3. The summed E-state index contributed by atoms with van der Waals surface area (Å²) in [6.45, 7) is -3.22. The van der Waals surface area contributed by atoms with Gasteiger partial charge in [0, 0.05) is 6.21 Å². The van der Waals surface area contributed by atoms with Gasteiger partial charge in [0.15, 0.2) is 11.6 Å². The van der Waals surface area contributed by atoms with Crippen LogP contribution in [0.4, 0.5) is 17.6 Å². The average molecular weight is 325 g/mol. The van der Waals surface area contributed by atoms with Gasteiger partial charge in [-0.05, 0) is 17.7 Å². The van der Waals surface area contributed by atoms with Crippen LogP contribution in [0.5, 0.6) is 5.75 Å². The summed E-state index contributed by atoms with van der Waals surface area (Å²) in [5.74, 6) is -3.92. The van der Waals surface area contributed by atoms with Gasteiger partial charge in [0.25, 0.3) is 0 Å². The Balaban J connectivity index is 2.20. The zero-order valence-corrected chi connectivity index (χ0v) is 11.7. The van der Waals surface area contributed by atoms with Gasteiger partial charge in [-0.1, -0.05) is 30.3 Å². The zero-order valence-electron chi connectivity index (χ0n) is 11.7. The molecule has 0 heterocycles. The number of rotatable bonds is 5. The van der Waals surface area contributed by atoms with E-state index < -0.39 is 35.5 Å². The van der Waals surface area contributed by atoms with Crippen molar-refractivity contribution in [2.75, 3.05) is 0 Å². The third-order valence-corrected chi connectivity index (χ3v) is 2.84. The largest absolute Gasteiger partial charge is 0.434 e. The Morgan fingerprint density at radius 2 is 1.83 bits per heavy atom. The predicted octanol–water partition coefficient (Wildman–Crippen LogP) is 3.75. The van der Waals surface area contributed by atoms with E-state index in [1.54, 1.807) is 30.3 Å². The van der Waals surface area contributed by atoms with Gasteiger partial charge in [0.1, 0.15) is 5.75 Å². The highest BCUT2D eigenvalue weighted by Gasteiger charge is 2.16. The van der Waals surface area contributed by atoms with Crippen molar-refractivity contribution in [2.24, 2.45) is 4.99 Å². The van der Waals surface area contributed by atoms with E-state index in [0.717, 1.165) is 6.07 Å². The number of halogens is 4. The second kappa shape index (κ2) is 7.53. The van der Waals surface area contributed by atoms with Gasteiger partial charge in [0.05, 0.1) is 12.0 Å². The van der Waals surface area contributed by atoms with E-state index in [1.807, 2.05) is 0 Å². The molecule has 0 spiro atoms. The molecule has 0 aromatic heterocycles. The molecule has 2 rings (SSSR count). The van der Waals surface area contributed by atoms with E-state index in [9.17, 15) is 22.4 Å². The molecule has 0 fully saturated rings. The molecule has 2 aromatic carbocycles. The smallest absolute Gasteiger partial charge is 0.387 e. The van der Waals surface area contributed by atoms with Gasteiger partial charge in [-0.25, -0.2) is 13.8 Å². The van der Waals surface area contributed by atoms with Gasteiger partial charge in [0.2, 0.25) is 5.91 Å². The van der Waals surface area contributed by atoms with E-state index >= 15 is 0 Å². The monoisotopic (exact) mass is 325 g/mol. The molecule has 0 saturated carbocycles. The van der Waals surface area contributed by atoms with Crippen molar-refractivity contribution in [3.63, 3.8) is 0 Å². The fourth-order valence-corrected chi connectivity index (χ4v) is 1.82. The molecule has 3 nitrogen and oxygen atoms in total. The van der Waals surface area contributed by atoms with Crippen molar-refractivity contribution in [3.8, 4) is 5.75 Å². The molecular formula is C16H11F4NO2. The van der Waals surface area contributed by atoms with E-state index in [4.69, 9.17) is 0 Å². The Labute approximate surface area is 129 Å². The molecule has 2 aromatic rings. The van der Waals surface area contributed by atoms with Crippen LogP contribution in [0.25, 0.3) is 0 Å². The van der Waals surface area contributed by atoms with E-state index in [1.165, 1.54) is 0 Å². The lowest BCUT2D eigenvalue weighted by Gasteiger charge is -2.08. The lowest BCUT2D eigenvalue weighted by Crippen LogP contribution is -2.07. The average Bonchev–Trinajstić information content (AvgIpc) is 2.51. The summed E-state index contributed by atoms with van der Waals surface area (Å²) >= 11 is 0. The minimum absolute atomic E-state index is 0.0562. The number of hydrogen-bond donors (Lipinski definition) is 0. The van der Waals surface area contributed by atoms with Crippen LogP contribution in [-0.2, 0) is 11.2 Å². The van der Waals surface area contributed by atoms with Crippen LogP contribution in [0.3, 0.4) is 0 Å². The molecule has 0 aliphatic carbocycles. The maximum Gasteiger partial charge on any atom is 0.387 e. The van der Waals surface area contributed by atoms with Gasteiger partial charge in [-0.3, -0.25) is 4.79 Å². The summed E-state index contributed by atoms with van der Waals surface area (Å²) in [5.41, 5.74) is 0.0325. The molecule has 0 saturated heterocycles.